The molecule has 1 aromatic heterocycles. The van der Waals surface area contributed by atoms with Crippen LogP contribution < -0.4 is 5.32 Å². The molecule has 0 saturated heterocycles. The summed E-state index contributed by atoms with van der Waals surface area (Å²) in [5.74, 6) is -0.865. The second-order valence-electron chi connectivity index (χ2n) is 4.48. The molecule has 0 fully saturated rings. The van der Waals surface area contributed by atoms with Gasteiger partial charge in [0.2, 0.25) is 0 Å². The van der Waals surface area contributed by atoms with Gasteiger partial charge in [0, 0.05) is 31.0 Å². The second-order valence-corrected chi connectivity index (χ2v) is 4.48. The molecule has 0 aliphatic heterocycles. The molecular formula is C14H23N3O2. The van der Waals surface area contributed by atoms with Crippen molar-refractivity contribution in [1.29, 1.82) is 0 Å². The summed E-state index contributed by atoms with van der Waals surface area (Å²) in [6, 6.07) is 1.14. The van der Waals surface area contributed by atoms with Gasteiger partial charge in [-0.3, -0.25) is 15.1 Å². The number of pyridine rings is 1. The van der Waals surface area contributed by atoms with Gasteiger partial charge in [0.05, 0.1) is 0 Å². The van der Waals surface area contributed by atoms with E-state index in [4.69, 9.17) is 0 Å². The Morgan fingerprint density at radius 1 is 1.47 bits per heavy atom. The SMILES string of the molecule is CCN(CC)CCNC(C(=O)O)c1cnccc1C. The number of hydrogen-bond donors (Lipinski definition) is 2. The minimum Gasteiger partial charge on any atom is -0.480 e. The number of nitrogens with one attached hydrogen (secondary N) is 1. The van der Waals surface area contributed by atoms with Crippen molar-refractivity contribution in [3.05, 3.63) is 29.6 Å². The molecule has 0 aliphatic rings. The summed E-state index contributed by atoms with van der Waals surface area (Å²) in [6.45, 7) is 9.54. The van der Waals surface area contributed by atoms with Gasteiger partial charge in [0.25, 0.3) is 0 Å². The first kappa shape index (κ1) is 15.6. The number of aliphatic carboxylic acids is 1. The molecule has 1 unspecified atom stereocenters. The monoisotopic (exact) mass is 265 g/mol. The van der Waals surface area contributed by atoms with Gasteiger partial charge in [-0.05, 0) is 31.6 Å². The molecule has 1 atom stereocenters. The largest absolute Gasteiger partial charge is 0.480 e. The van der Waals surface area contributed by atoms with Crippen molar-refractivity contribution in [2.45, 2.75) is 26.8 Å². The molecule has 1 rings (SSSR count). The third-order valence-corrected chi connectivity index (χ3v) is 3.31. The normalized spacial score (nSPS) is 12.6. The lowest BCUT2D eigenvalue weighted by molar-refractivity contribution is -0.139. The number of hydrogen-bond acceptors (Lipinski definition) is 4. The van der Waals surface area contributed by atoms with Crippen molar-refractivity contribution < 1.29 is 9.90 Å². The van der Waals surface area contributed by atoms with E-state index in [1.807, 2.05) is 13.0 Å². The third-order valence-electron chi connectivity index (χ3n) is 3.31. The maximum Gasteiger partial charge on any atom is 0.325 e. The molecule has 0 aliphatic carbocycles. The lowest BCUT2D eigenvalue weighted by atomic mass is 10.0. The van der Waals surface area contributed by atoms with Crippen molar-refractivity contribution in [3.8, 4) is 0 Å². The van der Waals surface area contributed by atoms with Gasteiger partial charge >= 0.3 is 5.97 Å². The summed E-state index contributed by atoms with van der Waals surface area (Å²) in [5, 5.41) is 12.4. The molecule has 2 N–H and O–H groups in total. The van der Waals surface area contributed by atoms with Gasteiger partial charge in [0.1, 0.15) is 6.04 Å². The Balaban J connectivity index is 2.65. The quantitative estimate of drug-likeness (QED) is 0.744. The Hall–Kier alpha value is -1.46. The van der Waals surface area contributed by atoms with Crippen molar-refractivity contribution in [3.63, 3.8) is 0 Å². The van der Waals surface area contributed by atoms with Gasteiger partial charge in [0.15, 0.2) is 0 Å². The predicted octanol–water partition coefficient (Wildman–Crippen LogP) is 1.45. The lowest BCUT2D eigenvalue weighted by Gasteiger charge is -2.21. The van der Waals surface area contributed by atoms with Crippen LogP contribution in [-0.4, -0.2) is 47.1 Å². The molecule has 5 nitrogen and oxygen atoms in total. The van der Waals surface area contributed by atoms with Crippen LogP contribution in [0.3, 0.4) is 0 Å². The Morgan fingerprint density at radius 2 is 2.16 bits per heavy atom. The molecular weight excluding hydrogens is 242 g/mol. The molecule has 1 heterocycles. The van der Waals surface area contributed by atoms with Crippen LogP contribution in [-0.2, 0) is 4.79 Å². The fourth-order valence-electron chi connectivity index (χ4n) is 2.02. The second kappa shape index (κ2) is 7.86. The highest BCUT2D eigenvalue weighted by atomic mass is 16.4. The van der Waals surface area contributed by atoms with E-state index >= 15 is 0 Å². The van der Waals surface area contributed by atoms with Crippen molar-refractivity contribution in [2.24, 2.45) is 0 Å². The van der Waals surface area contributed by atoms with Crippen molar-refractivity contribution in [2.75, 3.05) is 26.2 Å². The van der Waals surface area contributed by atoms with E-state index < -0.39 is 12.0 Å². The summed E-state index contributed by atoms with van der Waals surface area (Å²) < 4.78 is 0. The fraction of sp³-hybridized carbons (Fsp3) is 0.571. The Kier molecular flexibility index (Phi) is 6.45. The predicted molar refractivity (Wildman–Crippen MR) is 75.1 cm³/mol. The number of carboxylic acid groups (broad SMARTS) is 1. The topological polar surface area (TPSA) is 65.5 Å². The highest BCUT2D eigenvalue weighted by Crippen LogP contribution is 2.16. The average Bonchev–Trinajstić information content (AvgIpc) is 2.40. The molecule has 0 amide bonds. The van der Waals surface area contributed by atoms with E-state index in [0.29, 0.717) is 6.54 Å². The molecule has 5 heteroatoms. The summed E-state index contributed by atoms with van der Waals surface area (Å²) in [7, 11) is 0. The standard InChI is InChI=1S/C14H23N3O2/c1-4-17(5-2)9-8-16-13(14(18)19)12-10-15-7-6-11(12)3/h6-7,10,13,16H,4-5,8-9H2,1-3H3,(H,18,19). The minimum atomic E-state index is -0.865. The molecule has 0 bridgehead atoms. The Bertz CT molecular complexity index is 405. The number of aromatic nitrogens is 1. The molecule has 1 aromatic rings. The summed E-state index contributed by atoms with van der Waals surface area (Å²) in [4.78, 5) is 17.6. The Labute approximate surface area is 114 Å². The molecule has 0 radical (unpaired) electrons. The van der Waals surface area contributed by atoms with E-state index in [-0.39, 0.29) is 0 Å². The van der Waals surface area contributed by atoms with Crippen LogP contribution in [0.15, 0.2) is 18.5 Å². The van der Waals surface area contributed by atoms with E-state index in [9.17, 15) is 9.90 Å². The van der Waals surface area contributed by atoms with Crippen LogP contribution in [0, 0.1) is 6.92 Å². The maximum atomic E-state index is 11.4. The van der Waals surface area contributed by atoms with Crippen molar-refractivity contribution >= 4 is 5.97 Å². The molecule has 19 heavy (non-hydrogen) atoms. The zero-order valence-electron chi connectivity index (χ0n) is 11.9. The summed E-state index contributed by atoms with van der Waals surface area (Å²) in [6.07, 6.45) is 3.30. The van der Waals surface area contributed by atoms with Crippen LogP contribution in [0.5, 0.6) is 0 Å². The average molecular weight is 265 g/mol. The zero-order chi connectivity index (χ0) is 14.3. The highest BCUT2D eigenvalue weighted by molar-refractivity contribution is 5.75. The highest BCUT2D eigenvalue weighted by Gasteiger charge is 2.21. The number of carboxylic acids is 1. The van der Waals surface area contributed by atoms with E-state index in [0.717, 1.165) is 30.8 Å². The molecule has 0 spiro atoms. The van der Waals surface area contributed by atoms with Gasteiger partial charge in [-0.15, -0.1) is 0 Å². The van der Waals surface area contributed by atoms with Gasteiger partial charge in [-0.1, -0.05) is 13.8 Å². The van der Waals surface area contributed by atoms with Crippen LogP contribution >= 0.6 is 0 Å². The molecule has 0 aromatic carbocycles. The maximum absolute atomic E-state index is 11.4. The van der Waals surface area contributed by atoms with Gasteiger partial charge in [-0.2, -0.15) is 0 Å². The lowest BCUT2D eigenvalue weighted by Crippen LogP contribution is -2.36. The van der Waals surface area contributed by atoms with Crippen LogP contribution in [0.25, 0.3) is 0 Å². The smallest absolute Gasteiger partial charge is 0.325 e. The third kappa shape index (κ3) is 4.61. The first-order valence-corrected chi connectivity index (χ1v) is 6.69. The molecule has 0 saturated carbocycles. The molecule has 106 valence electrons. The van der Waals surface area contributed by atoms with Crippen LogP contribution in [0.1, 0.15) is 31.0 Å². The summed E-state index contributed by atoms with van der Waals surface area (Å²) in [5.41, 5.74) is 1.67. The summed E-state index contributed by atoms with van der Waals surface area (Å²) >= 11 is 0. The van der Waals surface area contributed by atoms with E-state index in [2.05, 4.69) is 29.0 Å². The fourth-order valence-corrected chi connectivity index (χ4v) is 2.02. The van der Waals surface area contributed by atoms with Gasteiger partial charge < -0.3 is 10.0 Å². The number of likely N-dealkylation sites (N-methyl/N-ethyl adjacent to an activating group) is 1. The van der Waals surface area contributed by atoms with Crippen LogP contribution in [0.2, 0.25) is 0 Å². The minimum absolute atomic E-state index is 0.646. The Morgan fingerprint density at radius 3 is 2.68 bits per heavy atom. The van der Waals surface area contributed by atoms with E-state index in [1.165, 1.54) is 0 Å². The number of aryl methyl sites for hydroxylation is 1. The number of carbonyl (C=O) groups is 1. The number of nitrogens with zero attached hydrogens (tertiary/aromatic N) is 2. The van der Waals surface area contributed by atoms with Gasteiger partial charge in [-0.25, -0.2) is 0 Å². The number of rotatable bonds is 8. The van der Waals surface area contributed by atoms with Crippen molar-refractivity contribution in [1.82, 2.24) is 15.2 Å². The van der Waals surface area contributed by atoms with Crippen LogP contribution in [0.4, 0.5) is 0 Å². The zero-order valence-corrected chi connectivity index (χ0v) is 11.9. The van der Waals surface area contributed by atoms with E-state index in [1.54, 1.807) is 12.4 Å². The first-order chi connectivity index (χ1) is 9.10. The first-order valence-electron chi connectivity index (χ1n) is 6.69.